The number of hydrogen-bond donors (Lipinski definition) is 1. The van der Waals surface area contributed by atoms with Crippen molar-refractivity contribution in [3.63, 3.8) is 0 Å². The molecule has 94 valence electrons. The Morgan fingerprint density at radius 1 is 1.41 bits per heavy atom. The maximum atomic E-state index is 13.5. The number of halogens is 1. The third kappa shape index (κ3) is 2.85. The molecule has 2 nitrogen and oxygen atoms in total. The molecule has 2 rings (SSSR count). The molecule has 17 heavy (non-hydrogen) atoms. The molecule has 1 aliphatic rings. The fourth-order valence-corrected chi connectivity index (χ4v) is 2.58. The molecule has 1 aromatic carbocycles. The van der Waals surface area contributed by atoms with Gasteiger partial charge < -0.3 is 5.73 Å². The summed E-state index contributed by atoms with van der Waals surface area (Å²) in [6.45, 7) is 4.46. The van der Waals surface area contributed by atoms with E-state index in [0.717, 1.165) is 24.2 Å². The zero-order valence-electron chi connectivity index (χ0n) is 10.5. The average molecular weight is 236 g/mol. The van der Waals surface area contributed by atoms with E-state index in [-0.39, 0.29) is 5.82 Å². The summed E-state index contributed by atoms with van der Waals surface area (Å²) in [7, 11) is 0. The summed E-state index contributed by atoms with van der Waals surface area (Å²) in [5.74, 6) is -0.108. The lowest BCUT2D eigenvalue weighted by Gasteiger charge is -2.35. The third-order valence-electron chi connectivity index (χ3n) is 3.77. The second kappa shape index (κ2) is 5.61. The summed E-state index contributed by atoms with van der Waals surface area (Å²) < 4.78 is 13.5. The zero-order chi connectivity index (χ0) is 12.3. The minimum absolute atomic E-state index is 0.108. The molecule has 1 aromatic rings. The van der Waals surface area contributed by atoms with E-state index in [1.165, 1.54) is 25.3 Å². The first-order chi connectivity index (χ1) is 8.22. The predicted octanol–water partition coefficient (Wildman–Crippen LogP) is 2.45. The normalized spacial score (nSPS) is 21.7. The van der Waals surface area contributed by atoms with E-state index in [4.69, 9.17) is 5.73 Å². The molecular weight excluding hydrogens is 215 g/mol. The summed E-state index contributed by atoms with van der Waals surface area (Å²) in [6.07, 6.45) is 3.66. The Morgan fingerprint density at radius 2 is 2.24 bits per heavy atom. The van der Waals surface area contributed by atoms with Gasteiger partial charge in [-0.3, -0.25) is 4.90 Å². The van der Waals surface area contributed by atoms with Crippen LogP contribution in [0.1, 0.15) is 30.4 Å². The number of hydrogen-bond acceptors (Lipinski definition) is 2. The van der Waals surface area contributed by atoms with Gasteiger partial charge in [0.25, 0.3) is 0 Å². The molecule has 0 saturated carbocycles. The molecule has 0 radical (unpaired) electrons. The number of nitrogens with two attached hydrogens (primary N) is 1. The Hall–Kier alpha value is -0.930. The molecule has 0 amide bonds. The summed E-state index contributed by atoms with van der Waals surface area (Å²) in [4.78, 5) is 2.39. The lowest BCUT2D eigenvalue weighted by Crippen LogP contribution is -2.43. The van der Waals surface area contributed by atoms with Gasteiger partial charge in [-0.15, -0.1) is 0 Å². The fraction of sp³-hybridized carbons (Fsp3) is 0.571. The molecule has 1 fully saturated rings. The van der Waals surface area contributed by atoms with E-state index in [2.05, 4.69) is 4.90 Å². The number of nitrogens with zero attached hydrogens (tertiary/aromatic N) is 1. The van der Waals surface area contributed by atoms with Gasteiger partial charge >= 0.3 is 0 Å². The molecule has 1 unspecified atom stereocenters. The van der Waals surface area contributed by atoms with Gasteiger partial charge in [0.05, 0.1) is 0 Å². The van der Waals surface area contributed by atoms with E-state index in [0.29, 0.717) is 12.6 Å². The Kier molecular flexibility index (Phi) is 4.13. The molecule has 1 atom stereocenters. The van der Waals surface area contributed by atoms with Gasteiger partial charge in [-0.05, 0) is 43.5 Å². The third-order valence-corrected chi connectivity index (χ3v) is 3.77. The van der Waals surface area contributed by atoms with Crippen LogP contribution in [0.3, 0.4) is 0 Å². The molecule has 1 heterocycles. The van der Waals surface area contributed by atoms with Crippen molar-refractivity contribution in [1.29, 1.82) is 0 Å². The zero-order valence-corrected chi connectivity index (χ0v) is 10.5. The highest BCUT2D eigenvalue weighted by atomic mass is 19.1. The van der Waals surface area contributed by atoms with Crippen molar-refractivity contribution in [3.8, 4) is 0 Å². The van der Waals surface area contributed by atoms with Crippen LogP contribution in [0.15, 0.2) is 18.2 Å². The first-order valence-corrected chi connectivity index (χ1v) is 6.40. The van der Waals surface area contributed by atoms with Crippen molar-refractivity contribution in [1.82, 2.24) is 4.90 Å². The van der Waals surface area contributed by atoms with Crippen LogP contribution in [0.2, 0.25) is 0 Å². The maximum absolute atomic E-state index is 13.5. The van der Waals surface area contributed by atoms with Crippen LogP contribution in [-0.4, -0.2) is 24.0 Å². The highest BCUT2D eigenvalue weighted by molar-refractivity contribution is 5.27. The summed E-state index contributed by atoms with van der Waals surface area (Å²) in [6, 6.07) is 5.79. The van der Waals surface area contributed by atoms with Crippen molar-refractivity contribution in [3.05, 3.63) is 35.1 Å². The van der Waals surface area contributed by atoms with Gasteiger partial charge in [0, 0.05) is 19.1 Å². The van der Waals surface area contributed by atoms with Crippen molar-refractivity contribution in [2.75, 3.05) is 13.1 Å². The van der Waals surface area contributed by atoms with E-state index >= 15 is 0 Å². The first-order valence-electron chi connectivity index (χ1n) is 6.40. The molecule has 2 N–H and O–H groups in total. The standard InChI is InChI=1S/C14H21FN2/c1-11-12(5-4-7-14(11)15)10-17-8-3-2-6-13(17)9-16/h4-5,7,13H,2-3,6,8-10,16H2,1H3. The fourth-order valence-electron chi connectivity index (χ4n) is 2.58. The van der Waals surface area contributed by atoms with E-state index < -0.39 is 0 Å². The smallest absolute Gasteiger partial charge is 0.126 e. The van der Waals surface area contributed by atoms with Crippen LogP contribution in [0.25, 0.3) is 0 Å². The highest BCUT2D eigenvalue weighted by Gasteiger charge is 2.21. The average Bonchev–Trinajstić information content (AvgIpc) is 2.35. The minimum Gasteiger partial charge on any atom is -0.329 e. The molecular formula is C14H21FN2. The topological polar surface area (TPSA) is 29.3 Å². The predicted molar refractivity (Wildman–Crippen MR) is 68.2 cm³/mol. The van der Waals surface area contributed by atoms with Crippen molar-refractivity contribution in [2.45, 2.75) is 38.8 Å². The van der Waals surface area contributed by atoms with Crippen LogP contribution in [0, 0.1) is 12.7 Å². The van der Waals surface area contributed by atoms with Gasteiger partial charge in [-0.2, -0.15) is 0 Å². The van der Waals surface area contributed by atoms with Crippen LogP contribution in [0.5, 0.6) is 0 Å². The highest BCUT2D eigenvalue weighted by Crippen LogP contribution is 2.21. The van der Waals surface area contributed by atoms with E-state index in [9.17, 15) is 4.39 Å². The van der Waals surface area contributed by atoms with Gasteiger partial charge in [0.15, 0.2) is 0 Å². The molecule has 0 aromatic heterocycles. The first kappa shape index (κ1) is 12.5. The largest absolute Gasteiger partial charge is 0.329 e. The monoisotopic (exact) mass is 236 g/mol. The van der Waals surface area contributed by atoms with Gasteiger partial charge in [0.1, 0.15) is 5.82 Å². The number of rotatable bonds is 3. The van der Waals surface area contributed by atoms with Crippen LogP contribution in [-0.2, 0) is 6.54 Å². The molecule has 1 aliphatic heterocycles. The molecule has 0 aliphatic carbocycles. The minimum atomic E-state index is -0.108. The van der Waals surface area contributed by atoms with Crippen LogP contribution < -0.4 is 5.73 Å². The number of piperidine rings is 1. The van der Waals surface area contributed by atoms with Gasteiger partial charge in [-0.25, -0.2) is 4.39 Å². The van der Waals surface area contributed by atoms with Crippen LogP contribution in [0.4, 0.5) is 4.39 Å². The molecule has 3 heteroatoms. The maximum Gasteiger partial charge on any atom is 0.126 e. The Morgan fingerprint density at radius 3 is 3.00 bits per heavy atom. The van der Waals surface area contributed by atoms with Gasteiger partial charge in [0.2, 0.25) is 0 Å². The lowest BCUT2D eigenvalue weighted by atomic mass is 10.00. The Bertz CT molecular complexity index is 378. The quantitative estimate of drug-likeness (QED) is 0.873. The summed E-state index contributed by atoms with van der Waals surface area (Å²) in [5.41, 5.74) is 7.66. The Labute approximate surface area is 103 Å². The SMILES string of the molecule is Cc1c(F)cccc1CN1CCCCC1CN. The summed E-state index contributed by atoms with van der Waals surface area (Å²) >= 11 is 0. The lowest BCUT2D eigenvalue weighted by molar-refractivity contribution is 0.144. The second-order valence-electron chi connectivity index (χ2n) is 4.88. The van der Waals surface area contributed by atoms with Crippen molar-refractivity contribution < 1.29 is 4.39 Å². The van der Waals surface area contributed by atoms with E-state index in [1.807, 2.05) is 13.0 Å². The van der Waals surface area contributed by atoms with Gasteiger partial charge in [-0.1, -0.05) is 18.6 Å². The number of likely N-dealkylation sites (tertiary alicyclic amines) is 1. The van der Waals surface area contributed by atoms with E-state index in [1.54, 1.807) is 6.07 Å². The summed E-state index contributed by atoms with van der Waals surface area (Å²) in [5, 5.41) is 0. The van der Waals surface area contributed by atoms with Crippen LogP contribution >= 0.6 is 0 Å². The Balaban J connectivity index is 2.11. The molecule has 0 spiro atoms. The number of benzene rings is 1. The van der Waals surface area contributed by atoms with Crippen molar-refractivity contribution in [2.24, 2.45) is 5.73 Å². The molecule has 1 saturated heterocycles. The molecule has 0 bridgehead atoms. The van der Waals surface area contributed by atoms with Crippen molar-refractivity contribution >= 4 is 0 Å². The second-order valence-corrected chi connectivity index (χ2v) is 4.88.